The summed E-state index contributed by atoms with van der Waals surface area (Å²) in [6.45, 7) is 7.47. The Labute approximate surface area is 253 Å². The number of carbonyl (C=O) groups excluding carboxylic acids is 1. The first-order valence-corrected chi connectivity index (χ1v) is 14.1. The van der Waals surface area contributed by atoms with Gasteiger partial charge in [0.25, 0.3) is 0 Å². The fourth-order valence-electron chi connectivity index (χ4n) is 5.09. The molecule has 0 saturated carbocycles. The number of amides is 1. The number of alkyl halides is 3. The summed E-state index contributed by atoms with van der Waals surface area (Å²) < 4.78 is 57.8. The monoisotopic (exact) mass is 617 g/mol. The number of hydrogen-bond acceptors (Lipinski definition) is 4. The van der Waals surface area contributed by atoms with Crippen molar-refractivity contribution in [3.05, 3.63) is 98.4 Å². The smallest absolute Gasteiger partial charge is 0.449 e. The number of hydrogen-bond donors (Lipinski definition) is 1. The van der Waals surface area contributed by atoms with E-state index in [0.717, 1.165) is 34.4 Å². The first kappa shape index (κ1) is 30.5. The third-order valence-electron chi connectivity index (χ3n) is 8.07. The van der Waals surface area contributed by atoms with Crippen molar-refractivity contribution in [3.8, 4) is 11.1 Å². The molecule has 1 aliphatic heterocycles. The van der Waals surface area contributed by atoms with E-state index >= 15 is 0 Å². The van der Waals surface area contributed by atoms with E-state index in [1.54, 1.807) is 0 Å². The predicted molar refractivity (Wildman–Crippen MR) is 159 cm³/mol. The van der Waals surface area contributed by atoms with Crippen LogP contribution in [0.3, 0.4) is 0 Å². The average Bonchev–Trinajstić information content (AvgIpc) is 3.34. The summed E-state index contributed by atoms with van der Waals surface area (Å²) in [5.41, 5.74) is 2.52. The summed E-state index contributed by atoms with van der Waals surface area (Å²) in [6, 6.07) is 17.6. The summed E-state index contributed by atoms with van der Waals surface area (Å²) in [7, 11) is -0.932. The number of alkyl carbamates (subject to hydrolysis) is 1. The third kappa shape index (κ3) is 5.93. The molecule has 5 nitrogen and oxygen atoms in total. The van der Waals surface area contributed by atoms with Crippen molar-refractivity contribution in [2.24, 2.45) is 0 Å². The average molecular weight is 618 g/mol. The van der Waals surface area contributed by atoms with Crippen molar-refractivity contribution in [1.82, 2.24) is 5.32 Å². The number of halogens is 5. The zero-order valence-electron chi connectivity index (χ0n) is 23.4. The van der Waals surface area contributed by atoms with Crippen LogP contribution in [0.15, 0.2) is 66.1 Å². The summed E-state index contributed by atoms with van der Waals surface area (Å²) >= 11 is 12.5. The molecule has 42 heavy (non-hydrogen) atoms. The number of benzene rings is 3. The van der Waals surface area contributed by atoms with Gasteiger partial charge in [-0.25, -0.2) is 4.79 Å². The van der Waals surface area contributed by atoms with Gasteiger partial charge in [0.2, 0.25) is 0 Å². The van der Waals surface area contributed by atoms with Crippen LogP contribution in [0.4, 0.5) is 18.0 Å². The minimum atomic E-state index is -4.62. The van der Waals surface area contributed by atoms with Gasteiger partial charge in [0.1, 0.15) is 6.61 Å². The molecule has 11 heteroatoms. The summed E-state index contributed by atoms with van der Waals surface area (Å²) in [5, 5.41) is 2.32. The lowest BCUT2D eigenvalue weighted by molar-refractivity contribution is -0.137. The Hall–Kier alpha value is -2.98. The number of carbonyl (C=O) groups is 1. The van der Waals surface area contributed by atoms with E-state index in [1.807, 2.05) is 76.2 Å². The van der Waals surface area contributed by atoms with Crippen LogP contribution in [0.2, 0.25) is 10.0 Å². The molecule has 0 atom stereocenters. The molecule has 0 spiro atoms. The number of rotatable bonds is 6. The van der Waals surface area contributed by atoms with Crippen LogP contribution in [0.5, 0.6) is 0 Å². The SMILES string of the molecule is CC1(C)OB(C(=Cc2c(Cl)cc(C(F)(F)F)cc2Cl)CNC(=O)OCC2c3ccccc3-c3ccccc32)OC1(C)C. The van der Waals surface area contributed by atoms with Crippen LogP contribution < -0.4 is 5.32 Å². The largest absolute Gasteiger partial charge is 0.492 e. The number of fused-ring (bicyclic) bond motifs is 3. The maximum Gasteiger partial charge on any atom is 0.492 e. The van der Waals surface area contributed by atoms with Crippen molar-refractivity contribution < 1.29 is 32.0 Å². The molecular weight excluding hydrogens is 589 g/mol. The van der Waals surface area contributed by atoms with Gasteiger partial charge in [-0.2, -0.15) is 13.2 Å². The van der Waals surface area contributed by atoms with Gasteiger partial charge in [0, 0.05) is 28.1 Å². The van der Waals surface area contributed by atoms with Gasteiger partial charge < -0.3 is 19.4 Å². The fourth-order valence-corrected chi connectivity index (χ4v) is 5.69. The second kappa shape index (κ2) is 11.3. The molecular formula is C31H29BCl2F3NO4. The van der Waals surface area contributed by atoms with E-state index in [2.05, 4.69) is 5.32 Å². The summed E-state index contributed by atoms with van der Waals surface area (Å²) in [6.07, 6.45) is -3.81. The molecule has 220 valence electrons. The molecule has 1 aliphatic carbocycles. The zero-order valence-corrected chi connectivity index (χ0v) is 25.0. The highest BCUT2D eigenvalue weighted by Crippen LogP contribution is 2.45. The lowest BCUT2D eigenvalue weighted by atomic mass is 9.77. The van der Waals surface area contributed by atoms with Crippen LogP contribution in [0.1, 0.15) is 55.9 Å². The van der Waals surface area contributed by atoms with Gasteiger partial charge in [-0.1, -0.05) is 77.8 Å². The van der Waals surface area contributed by atoms with Crippen molar-refractivity contribution in [2.45, 2.75) is 51.0 Å². The molecule has 5 rings (SSSR count). The van der Waals surface area contributed by atoms with E-state index < -0.39 is 36.2 Å². The summed E-state index contributed by atoms with van der Waals surface area (Å²) in [5.74, 6) is -0.119. The second-order valence-electron chi connectivity index (χ2n) is 11.3. The van der Waals surface area contributed by atoms with Gasteiger partial charge in [0.05, 0.1) is 16.8 Å². The van der Waals surface area contributed by atoms with E-state index in [-0.39, 0.29) is 34.7 Å². The van der Waals surface area contributed by atoms with Crippen LogP contribution >= 0.6 is 23.2 Å². The quantitative estimate of drug-likeness (QED) is 0.282. The minimum Gasteiger partial charge on any atom is -0.449 e. The highest BCUT2D eigenvalue weighted by molar-refractivity contribution is 6.56. The van der Waals surface area contributed by atoms with Gasteiger partial charge in [0.15, 0.2) is 0 Å². The van der Waals surface area contributed by atoms with Gasteiger partial charge >= 0.3 is 19.4 Å². The Morgan fingerprint density at radius 2 is 1.45 bits per heavy atom. The third-order valence-corrected chi connectivity index (χ3v) is 8.70. The van der Waals surface area contributed by atoms with Gasteiger partial charge in [-0.3, -0.25) is 0 Å². The number of ether oxygens (including phenoxy) is 1. The Kier molecular flexibility index (Phi) is 8.18. The second-order valence-corrected chi connectivity index (χ2v) is 12.2. The van der Waals surface area contributed by atoms with E-state index in [0.29, 0.717) is 5.47 Å². The molecule has 1 heterocycles. The molecule has 0 aromatic heterocycles. The van der Waals surface area contributed by atoms with Gasteiger partial charge in [-0.15, -0.1) is 0 Å². The van der Waals surface area contributed by atoms with Crippen LogP contribution in [0.25, 0.3) is 17.2 Å². The molecule has 0 radical (unpaired) electrons. The summed E-state index contributed by atoms with van der Waals surface area (Å²) in [4.78, 5) is 12.9. The molecule has 2 aliphatic rings. The Morgan fingerprint density at radius 1 is 0.952 bits per heavy atom. The van der Waals surface area contributed by atoms with Crippen LogP contribution in [0, 0.1) is 0 Å². The molecule has 3 aromatic rings. The van der Waals surface area contributed by atoms with Crippen LogP contribution in [-0.2, 0) is 20.2 Å². The number of nitrogens with one attached hydrogen (secondary N) is 1. The fraction of sp³-hybridized carbons (Fsp3) is 0.323. The van der Waals surface area contributed by atoms with Crippen molar-refractivity contribution in [1.29, 1.82) is 0 Å². The standard InChI is InChI=1S/C31H29BCl2F3NO4/c1-29(2)30(3,4)42-32(41-29)19(15-24-26(33)13-18(14-27(24)34)31(35,36)37)16-38-28(39)40-17-25-22-11-7-5-9-20(22)21-10-6-8-12-23(21)25/h5-15,25H,16-17H2,1-4H3,(H,38,39). The Bertz CT molecular complexity index is 1470. The minimum absolute atomic E-state index is 0.0961. The van der Waals surface area contributed by atoms with Crippen molar-refractivity contribution in [3.63, 3.8) is 0 Å². The molecule has 1 N–H and O–H groups in total. The molecule has 1 fully saturated rings. The zero-order chi connectivity index (χ0) is 30.4. The van der Waals surface area contributed by atoms with Crippen molar-refractivity contribution >= 4 is 42.5 Å². The highest BCUT2D eigenvalue weighted by atomic mass is 35.5. The maximum absolute atomic E-state index is 13.3. The molecule has 1 amide bonds. The first-order valence-electron chi connectivity index (χ1n) is 13.4. The van der Waals surface area contributed by atoms with Gasteiger partial charge in [-0.05, 0) is 67.6 Å². The molecule has 0 unspecified atom stereocenters. The topological polar surface area (TPSA) is 56.8 Å². The highest BCUT2D eigenvalue weighted by Gasteiger charge is 2.52. The lowest BCUT2D eigenvalue weighted by Crippen LogP contribution is -2.41. The Morgan fingerprint density at radius 3 is 1.95 bits per heavy atom. The molecule has 3 aromatic carbocycles. The van der Waals surface area contributed by atoms with E-state index in [1.165, 1.54) is 6.08 Å². The first-order chi connectivity index (χ1) is 19.7. The predicted octanol–water partition coefficient (Wildman–Crippen LogP) is 8.57. The molecule has 1 saturated heterocycles. The normalized spacial score (nSPS) is 17.6. The maximum atomic E-state index is 13.3. The van der Waals surface area contributed by atoms with Crippen molar-refractivity contribution in [2.75, 3.05) is 13.2 Å². The molecule has 0 bridgehead atoms. The van der Waals surface area contributed by atoms with Crippen LogP contribution in [-0.4, -0.2) is 37.6 Å². The Balaban J connectivity index is 1.36. The van der Waals surface area contributed by atoms with E-state index in [4.69, 9.17) is 37.2 Å². The van der Waals surface area contributed by atoms with E-state index in [9.17, 15) is 18.0 Å². The lowest BCUT2D eigenvalue weighted by Gasteiger charge is -2.32.